The molecule has 1 N–H and O–H groups in total. The van der Waals surface area contributed by atoms with Gasteiger partial charge in [-0.25, -0.2) is 4.79 Å². The highest BCUT2D eigenvalue weighted by Crippen LogP contribution is 2.39. The van der Waals surface area contributed by atoms with Crippen LogP contribution in [0.2, 0.25) is 5.54 Å². The summed E-state index contributed by atoms with van der Waals surface area (Å²) in [5.41, 5.74) is -0.558. The second-order valence-electron chi connectivity index (χ2n) is 6.79. The summed E-state index contributed by atoms with van der Waals surface area (Å²) < 4.78 is 0. The Labute approximate surface area is 174 Å². The Morgan fingerprint density at radius 2 is 1.20 bits per heavy atom. The molecule has 0 amide bonds. The van der Waals surface area contributed by atoms with Crippen molar-refractivity contribution in [3.8, 4) is 0 Å². The van der Waals surface area contributed by atoms with Crippen LogP contribution in [-0.2, 0) is 4.79 Å². The van der Waals surface area contributed by atoms with E-state index < -0.39 is 17.5 Å². The van der Waals surface area contributed by atoms with Gasteiger partial charge in [0.2, 0.25) is 0 Å². The molecule has 0 aromatic heterocycles. The lowest BCUT2D eigenvalue weighted by Gasteiger charge is -2.20. The molecule has 2 nitrogen and oxygen atoms in total. The third-order valence-electron chi connectivity index (χ3n) is 4.52. The molecule has 0 aromatic carbocycles. The first kappa shape index (κ1) is 25.6. The van der Waals surface area contributed by atoms with Crippen LogP contribution >= 0.6 is 45.5 Å². The van der Waals surface area contributed by atoms with Crippen molar-refractivity contribution < 1.29 is 9.90 Å². The Bertz CT molecular complexity index is 376. The minimum absolute atomic E-state index is 0.120. The highest BCUT2D eigenvalue weighted by Gasteiger charge is 2.41. The number of carbonyl (C=O) groups is 1. The number of carboxylic acids is 1. The largest absolute Gasteiger partial charge is 0.477 e. The highest BCUT2D eigenvalue weighted by molar-refractivity contribution is 7.83. The lowest BCUT2D eigenvalue weighted by molar-refractivity contribution is -0.129. The third-order valence-corrected chi connectivity index (χ3v) is 8.93. The Morgan fingerprint density at radius 1 is 0.840 bits per heavy atom. The standard InChI is InChI=1S/C18H33Cl3O2SSi/c1-2-3-4-5-6-7-8-9-10-11-12-13-14-15-16(25(19,20)21)17(24)18(22)23/h16H,2-15H2,1H3,(H,22,23). The van der Waals surface area contributed by atoms with Crippen molar-refractivity contribution in [3.05, 3.63) is 0 Å². The molecule has 0 aliphatic carbocycles. The first-order valence-electron chi connectivity index (χ1n) is 9.64. The molecular formula is C18H33Cl3O2SSi. The van der Waals surface area contributed by atoms with Gasteiger partial charge >= 0.3 is 12.0 Å². The summed E-state index contributed by atoms with van der Waals surface area (Å²) in [7, 11) is 0. The van der Waals surface area contributed by atoms with Gasteiger partial charge in [-0.05, 0) is 6.42 Å². The lowest BCUT2D eigenvalue weighted by Crippen LogP contribution is -2.30. The Balaban J connectivity index is 3.61. The maximum Gasteiger partial charge on any atom is 0.349 e. The van der Waals surface area contributed by atoms with Gasteiger partial charge < -0.3 is 5.11 Å². The molecule has 25 heavy (non-hydrogen) atoms. The van der Waals surface area contributed by atoms with E-state index in [1.165, 1.54) is 64.2 Å². The number of rotatable bonds is 17. The van der Waals surface area contributed by atoms with Crippen LogP contribution in [0.5, 0.6) is 0 Å². The van der Waals surface area contributed by atoms with E-state index in [4.69, 9.17) is 50.6 Å². The molecule has 0 spiro atoms. The molecule has 7 heteroatoms. The van der Waals surface area contributed by atoms with E-state index in [0.29, 0.717) is 6.42 Å². The van der Waals surface area contributed by atoms with Gasteiger partial charge in [0, 0.05) is 5.54 Å². The van der Waals surface area contributed by atoms with Crippen molar-refractivity contribution in [2.75, 3.05) is 0 Å². The third kappa shape index (κ3) is 14.4. The summed E-state index contributed by atoms with van der Waals surface area (Å²) in [6, 6.07) is -3.12. The molecule has 0 aromatic rings. The number of hydrogen-bond donors (Lipinski definition) is 1. The summed E-state index contributed by atoms with van der Waals surface area (Å²) in [5.74, 6) is -1.13. The summed E-state index contributed by atoms with van der Waals surface area (Å²) in [5, 5.41) is 9.02. The molecule has 0 aliphatic rings. The molecule has 1 unspecified atom stereocenters. The molecule has 0 bridgehead atoms. The van der Waals surface area contributed by atoms with E-state index in [1.807, 2.05) is 0 Å². The topological polar surface area (TPSA) is 37.3 Å². The average Bonchev–Trinajstić information content (AvgIpc) is 2.53. The summed E-state index contributed by atoms with van der Waals surface area (Å²) in [4.78, 5) is 10.9. The smallest absolute Gasteiger partial charge is 0.349 e. The van der Waals surface area contributed by atoms with Crippen molar-refractivity contribution in [2.24, 2.45) is 0 Å². The van der Waals surface area contributed by atoms with Crippen LogP contribution in [0.4, 0.5) is 0 Å². The maximum absolute atomic E-state index is 11.0. The van der Waals surface area contributed by atoms with Gasteiger partial charge in [-0.15, -0.1) is 33.2 Å². The second kappa shape index (κ2) is 15.7. The normalized spacial score (nSPS) is 13.0. The Hall–Kier alpha value is 0.647. The molecule has 1 atom stereocenters. The number of carboxylic acid groups (broad SMARTS) is 1. The van der Waals surface area contributed by atoms with Gasteiger partial charge in [-0.2, -0.15) is 0 Å². The van der Waals surface area contributed by atoms with Crippen molar-refractivity contribution in [1.29, 1.82) is 0 Å². The number of thiocarbonyl (C=S) groups is 1. The molecule has 0 rings (SSSR count). The van der Waals surface area contributed by atoms with Gasteiger partial charge in [-0.3, -0.25) is 0 Å². The summed E-state index contributed by atoms with van der Waals surface area (Å²) in [6.07, 6.45) is 17.0. The van der Waals surface area contributed by atoms with Crippen LogP contribution < -0.4 is 0 Å². The number of aliphatic carboxylic acids is 1. The quantitative estimate of drug-likeness (QED) is 0.106. The van der Waals surface area contributed by atoms with E-state index in [9.17, 15) is 4.79 Å². The van der Waals surface area contributed by atoms with Crippen LogP contribution in [0.25, 0.3) is 0 Å². The van der Waals surface area contributed by atoms with Crippen LogP contribution in [0.1, 0.15) is 96.8 Å². The van der Waals surface area contributed by atoms with Crippen LogP contribution in [-0.4, -0.2) is 21.9 Å². The number of hydrogen-bond acceptors (Lipinski definition) is 2. The van der Waals surface area contributed by atoms with Crippen molar-refractivity contribution in [1.82, 2.24) is 0 Å². The minimum Gasteiger partial charge on any atom is -0.477 e. The first-order valence-corrected chi connectivity index (χ1v) is 15.2. The molecule has 148 valence electrons. The van der Waals surface area contributed by atoms with E-state index >= 15 is 0 Å². The molecular weight excluding hydrogens is 415 g/mol. The van der Waals surface area contributed by atoms with Crippen molar-refractivity contribution in [2.45, 2.75) is 102 Å². The minimum atomic E-state index is -3.12. The van der Waals surface area contributed by atoms with Crippen LogP contribution in [0.3, 0.4) is 0 Å². The fourth-order valence-electron chi connectivity index (χ4n) is 2.96. The Kier molecular flexibility index (Phi) is 16.1. The van der Waals surface area contributed by atoms with Crippen molar-refractivity contribution in [3.63, 3.8) is 0 Å². The van der Waals surface area contributed by atoms with E-state index in [0.717, 1.165) is 19.3 Å². The first-order chi connectivity index (χ1) is 11.8. The van der Waals surface area contributed by atoms with E-state index in [-0.39, 0.29) is 4.86 Å². The molecule has 0 saturated heterocycles. The lowest BCUT2D eigenvalue weighted by atomic mass is 10.0. The van der Waals surface area contributed by atoms with E-state index in [1.54, 1.807) is 0 Å². The fraction of sp³-hybridized carbons (Fsp3) is 0.889. The molecule has 0 radical (unpaired) electrons. The van der Waals surface area contributed by atoms with Gasteiger partial charge in [0.05, 0.1) is 0 Å². The summed E-state index contributed by atoms with van der Waals surface area (Å²) >= 11 is 22.9. The predicted octanol–water partition coefficient (Wildman–Crippen LogP) is 7.95. The SMILES string of the molecule is CCCCCCCCCCCCCCCC(C(=S)C(=O)O)[Si](Cl)(Cl)Cl. The molecule has 0 fully saturated rings. The van der Waals surface area contributed by atoms with Gasteiger partial charge in [-0.1, -0.05) is 103 Å². The number of halogens is 3. The zero-order chi connectivity index (χ0) is 19.1. The molecule has 0 aliphatic heterocycles. The highest BCUT2D eigenvalue weighted by atomic mass is 35.8. The molecule has 0 saturated carbocycles. The van der Waals surface area contributed by atoms with E-state index in [2.05, 4.69) is 6.92 Å². The second-order valence-corrected chi connectivity index (χ2v) is 16.1. The average molecular weight is 448 g/mol. The van der Waals surface area contributed by atoms with Gasteiger partial charge in [0.25, 0.3) is 0 Å². The van der Waals surface area contributed by atoms with Crippen molar-refractivity contribution >= 4 is 62.3 Å². The number of unbranched alkanes of at least 4 members (excludes halogenated alkanes) is 12. The zero-order valence-electron chi connectivity index (χ0n) is 15.4. The molecule has 0 heterocycles. The van der Waals surface area contributed by atoms with Crippen LogP contribution in [0, 0.1) is 0 Å². The fourth-order valence-corrected chi connectivity index (χ4v) is 7.11. The van der Waals surface area contributed by atoms with Gasteiger partial charge in [0.1, 0.15) is 4.86 Å². The summed E-state index contributed by atoms with van der Waals surface area (Å²) in [6.45, 7) is 2.25. The Morgan fingerprint density at radius 3 is 1.52 bits per heavy atom. The zero-order valence-corrected chi connectivity index (χ0v) is 19.5. The predicted molar refractivity (Wildman–Crippen MR) is 118 cm³/mol. The van der Waals surface area contributed by atoms with Gasteiger partial charge in [0.15, 0.2) is 0 Å². The monoisotopic (exact) mass is 446 g/mol. The van der Waals surface area contributed by atoms with Crippen LogP contribution in [0.15, 0.2) is 0 Å². The maximum atomic E-state index is 11.0.